The number of nitrogens with two attached hydrogens (primary N) is 12. The van der Waals surface area contributed by atoms with E-state index in [1.165, 1.54) is 33.4 Å². The fraction of sp³-hybridized carbons (Fsp3) is 0.220. The van der Waals surface area contributed by atoms with Crippen molar-refractivity contribution in [2.45, 2.75) is 167 Å². The summed E-state index contributed by atoms with van der Waals surface area (Å²) in [6.45, 7) is 0. The molecule has 146 heavy (non-hydrogen) atoms. The average Bonchev–Trinajstić information content (AvgIpc) is 0.824. The summed E-state index contributed by atoms with van der Waals surface area (Å²) >= 11 is 0. The van der Waals surface area contributed by atoms with E-state index < -0.39 is 0 Å². The van der Waals surface area contributed by atoms with Crippen LogP contribution in [-0.4, -0.2) is 47.8 Å². The Hall–Kier alpha value is -17.6. The molecular formula is C118H132N12O16. The number of carbonyl (C=O) groups is 8. The van der Waals surface area contributed by atoms with Crippen LogP contribution >= 0.6 is 0 Å². The predicted octanol–water partition coefficient (Wildman–Crippen LogP) is 24.0. The van der Waals surface area contributed by atoms with Gasteiger partial charge >= 0.3 is 47.8 Å². The van der Waals surface area contributed by atoms with Gasteiger partial charge in [0.15, 0.2) is 0 Å². The van der Waals surface area contributed by atoms with Gasteiger partial charge in [-0.3, -0.25) is 38.4 Å². The van der Waals surface area contributed by atoms with Crippen molar-refractivity contribution in [3.63, 3.8) is 0 Å². The second-order valence-corrected chi connectivity index (χ2v) is 34.4. The van der Waals surface area contributed by atoms with Crippen molar-refractivity contribution in [2.75, 3.05) is 68.8 Å². The lowest BCUT2D eigenvalue weighted by molar-refractivity contribution is -0.135. The first-order valence-electron chi connectivity index (χ1n) is 48.7. The first kappa shape index (κ1) is 112. The van der Waals surface area contributed by atoms with E-state index >= 15 is 0 Å². The number of anilines is 12. The molecule has 0 radical (unpaired) electrons. The lowest BCUT2D eigenvalue weighted by Gasteiger charge is -2.07. The quantitative estimate of drug-likeness (QED) is 0.00731. The highest BCUT2D eigenvalue weighted by molar-refractivity contribution is 5.79. The van der Waals surface area contributed by atoms with E-state index in [-0.39, 0.29) is 47.8 Å². The van der Waals surface area contributed by atoms with Gasteiger partial charge in [0.1, 0.15) is 46.0 Å². The topological polar surface area (TPSA) is 523 Å². The standard InChI is InChI=1S/C22H28N2O4.C21H26N2O4.C20H24N2O4.C19H22N2O4.2C18H16N2/c23-17-9-13-19(14-10-17)27-21(25)7-5-3-1-2-4-6-8-22(26)28-20-15-11-18(24)12-16-20;22-16-8-12-18(13-9-16)26-20(24)6-4-2-1-3-5-7-21(25)27-19-14-10-17(23)11-15-19;21-15-7-11-17(12-8-15)25-19(23)5-3-1-2-4-6-20(24)26-18-13-9-16(22)10-14-18;20-14-6-10-16(11-7-14)24-18(22)4-2-1-3-5-19(23)25-17-12-8-15(21)9-13-17;19-17-9-5-15(6-10-17)13-1-2-14(4-3-13)16-7-11-18(20)12-8-16;19-17-8-4-13(5-9-17)15-2-1-3-16(12-15)14-6-10-18(20)11-7-14/h9-16H,1-8,23-24H2;8-15H,1-7,22-23H2;7-14H,1-6,21-22H2;6-13H,1-5,20-21H2;2*1-12H,19-20H2. The molecule has 0 aliphatic carbocycles. The minimum atomic E-state index is -0.297. The van der Waals surface area contributed by atoms with Crippen LogP contribution in [0, 0.1) is 0 Å². The molecule has 14 aromatic carbocycles. The molecule has 0 aromatic heterocycles. The Labute approximate surface area is 853 Å². The molecule has 0 atom stereocenters. The Morgan fingerprint density at radius 2 is 0.233 bits per heavy atom. The number of nitrogen functional groups attached to an aromatic ring is 12. The molecule has 24 N–H and O–H groups in total. The second kappa shape index (κ2) is 62.6. The number of rotatable bonds is 42. The number of unbranched alkanes of at least 4 members (excludes halogenated alkanes) is 14. The molecule has 0 aliphatic rings. The van der Waals surface area contributed by atoms with Crippen LogP contribution in [0.4, 0.5) is 68.2 Å². The summed E-state index contributed by atoms with van der Waals surface area (Å²) in [5, 5.41) is 0. The smallest absolute Gasteiger partial charge is 0.311 e. The zero-order valence-corrected chi connectivity index (χ0v) is 82.2. The number of esters is 8. The molecule has 14 rings (SSSR count). The van der Waals surface area contributed by atoms with Crippen LogP contribution in [0.1, 0.15) is 167 Å². The number of hydrogen-bond donors (Lipinski definition) is 12. The zero-order chi connectivity index (χ0) is 104. The monoisotopic (exact) mass is 1970 g/mol. The van der Waals surface area contributed by atoms with Crippen molar-refractivity contribution in [2.24, 2.45) is 0 Å². The van der Waals surface area contributed by atoms with E-state index in [0.717, 1.165) is 137 Å². The second-order valence-electron chi connectivity index (χ2n) is 34.4. The molecule has 0 saturated carbocycles. The van der Waals surface area contributed by atoms with E-state index in [9.17, 15) is 38.4 Å². The molecule has 0 amide bonds. The van der Waals surface area contributed by atoms with Gasteiger partial charge in [-0.25, -0.2) is 0 Å². The molecule has 0 bridgehead atoms. The van der Waals surface area contributed by atoms with Crippen LogP contribution in [0.3, 0.4) is 0 Å². The van der Waals surface area contributed by atoms with Gasteiger partial charge in [-0.1, -0.05) is 155 Å². The highest BCUT2D eigenvalue weighted by Gasteiger charge is 2.15. The summed E-state index contributed by atoms with van der Waals surface area (Å²) in [5.41, 5.74) is 85.1. The van der Waals surface area contributed by atoms with E-state index in [4.69, 9.17) is 107 Å². The SMILES string of the molecule is Nc1ccc(-c2ccc(-c3ccc(N)cc3)cc2)cc1.Nc1ccc(-c2cccc(-c3ccc(N)cc3)c2)cc1.Nc1ccc(OC(=O)CCCCCC(=O)Oc2ccc(N)cc2)cc1.Nc1ccc(OC(=O)CCCCCCC(=O)Oc2ccc(N)cc2)cc1.Nc1ccc(OC(=O)CCCCCCCC(=O)Oc2ccc(N)cc2)cc1.Nc1ccc(OC(=O)CCCCCCCCC(=O)Oc2ccc(N)cc2)cc1. The van der Waals surface area contributed by atoms with Crippen LogP contribution in [-0.2, 0) is 38.4 Å². The normalized spacial score (nSPS) is 10.4. The molecule has 0 heterocycles. The summed E-state index contributed by atoms with van der Waals surface area (Å²) in [4.78, 5) is 93.9. The van der Waals surface area contributed by atoms with Gasteiger partial charge in [-0.05, 0) is 345 Å². The summed E-state index contributed by atoms with van der Waals surface area (Å²) in [5.74, 6) is 1.93. The van der Waals surface area contributed by atoms with Crippen LogP contribution in [0.15, 0.2) is 340 Å². The molecule has 760 valence electrons. The number of ether oxygens (including phenoxy) is 8. The van der Waals surface area contributed by atoms with Crippen LogP contribution in [0.25, 0.3) is 44.5 Å². The third kappa shape index (κ3) is 45.8. The third-order valence-electron chi connectivity index (χ3n) is 22.2. The Morgan fingerprint density at radius 1 is 0.130 bits per heavy atom. The fourth-order valence-electron chi connectivity index (χ4n) is 14.1. The maximum absolute atomic E-state index is 11.8. The van der Waals surface area contributed by atoms with Crippen molar-refractivity contribution >= 4 is 116 Å². The first-order valence-corrected chi connectivity index (χ1v) is 48.7. The minimum Gasteiger partial charge on any atom is -0.427 e. The van der Waals surface area contributed by atoms with Crippen molar-refractivity contribution < 1.29 is 76.3 Å². The lowest BCUT2D eigenvalue weighted by Crippen LogP contribution is -2.09. The number of hydrogen-bond acceptors (Lipinski definition) is 28. The molecule has 0 unspecified atom stereocenters. The molecule has 0 aliphatic heterocycles. The lowest BCUT2D eigenvalue weighted by atomic mass is 9.99. The summed E-state index contributed by atoms with van der Waals surface area (Å²) in [7, 11) is 0. The molecule has 14 aromatic rings. The highest BCUT2D eigenvalue weighted by atomic mass is 16.6. The molecule has 0 spiro atoms. The summed E-state index contributed by atoms with van der Waals surface area (Å²) in [6, 6.07) is 102. The maximum atomic E-state index is 11.8. The van der Waals surface area contributed by atoms with E-state index in [1.54, 1.807) is 194 Å². The Kier molecular flexibility index (Phi) is 48.0. The summed E-state index contributed by atoms with van der Waals surface area (Å²) < 4.78 is 41.7. The van der Waals surface area contributed by atoms with Crippen molar-refractivity contribution in [1.29, 1.82) is 0 Å². The fourth-order valence-corrected chi connectivity index (χ4v) is 14.1. The van der Waals surface area contributed by atoms with Crippen molar-refractivity contribution in [3.05, 3.63) is 340 Å². The van der Waals surface area contributed by atoms with Crippen molar-refractivity contribution in [3.8, 4) is 90.5 Å². The van der Waals surface area contributed by atoms with Gasteiger partial charge in [0.25, 0.3) is 0 Å². The van der Waals surface area contributed by atoms with Crippen LogP contribution in [0.5, 0.6) is 46.0 Å². The van der Waals surface area contributed by atoms with Gasteiger partial charge in [0, 0.05) is 120 Å². The van der Waals surface area contributed by atoms with Gasteiger partial charge in [-0.2, -0.15) is 0 Å². The molecular weight excluding hydrogens is 1840 g/mol. The Bertz CT molecular complexity index is 5910. The van der Waals surface area contributed by atoms with Crippen LogP contribution < -0.4 is 107 Å². The minimum absolute atomic E-state index is 0.227. The number of benzene rings is 14. The molecule has 0 fully saturated rings. The molecule has 0 saturated heterocycles. The Balaban J connectivity index is 0.000000196. The number of carbonyl (C=O) groups excluding carboxylic acids is 8. The van der Waals surface area contributed by atoms with Gasteiger partial charge in [0.05, 0.1) is 0 Å². The first-order chi connectivity index (χ1) is 70.5. The predicted molar refractivity (Wildman–Crippen MR) is 584 cm³/mol. The van der Waals surface area contributed by atoms with Crippen LogP contribution in [0.2, 0.25) is 0 Å². The van der Waals surface area contributed by atoms with Gasteiger partial charge < -0.3 is 107 Å². The third-order valence-corrected chi connectivity index (χ3v) is 22.2. The maximum Gasteiger partial charge on any atom is 0.311 e. The van der Waals surface area contributed by atoms with E-state index in [0.29, 0.717) is 156 Å². The zero-order valence-electron chi connectivity index (χ0n) is 82.2. The van der Waals surface area contributed by atoms with Gasteiger partial charge in [0.2, 0.25) is 0 Å². The van der Waals surface area contributed by atoms with E-state index in [1.807, 2.05) is 97.1 Å². The van der Waals surface area contributed by atoms with E-state index in [2.05, 4.69) is 48.5 Å². The van der Waals surface area contributed by atoms with Crippen molar-refractivity contribution in [1.82, 2.24) is 0 Å². The molecule has 28 heteroatoms. The molecule has 28 nitrogen and oxygen atoms in total. The largest absolute Gasteiger partial charge is 0.427 e. The summed E-state index contributed by atoms with van der Waals surface area (Å²) in [6.07, 6.45) is 18.0. The van der Waals surface area contributed by atoms with Gasteiger partial charge in [-0.15, -0.1) is 0 Å². The average molecular weight is 1970 g/mol. The highest BCUT2D eigenvalue weighted by Crippen LogP contribution is 2.32. The Morgan fingerprint density at radius 3 is 0.370 bits per heavy atom.